The minimum Gasteiger partial charge on any atom is -0.478 e. The van der Waals surface area contributed by atoms with Gasteiger partial charge in [0.25, 0.3) is 5.88 Å². The number of thioether (sulfide) groups is 1. The number of alkyl carbamates (subject to hydrolysis) is 1. The van der Waals surface area contributed by atoms with Crippen molar-refractivity contribution in [2.45, 2.75) is 69.9 Å². The topological polar surface area (TPSA) is 140 Å². The molecule has 0 saturated heterocycles. The maximum absolute atomic E-state index is 12.9. The van der Waals surface area contributed by atoms with E-state index in [0.717, 1.165) is 16.1 Å². The van der Waals surface area contributed by atoms with E-state index in [1.54, 1.807) is 34.6 Å². The van der Waals surface area contributed by atoms with Gasteiger partial charge >= 0.3 is 6.09 Å². The van der Waals surface area contributed by atoms with Crippen molar-refractivity contribution in [3.05, 3.63) is 5.15 Å². The number of amides is 1. The number of aliphatic hydroxyl groups is 1. The van der Waals surface area contributed by atoms with E-state index in [9.17, 15) is 18.3 Å². The third-order valence-corrected chi connectivity index (χ3v) is 7.61. The van der Waals surface area contributed by atoms with Gasteiger partial charge < -0.3 is 24.6 Å². The smallest absolute Gasteiger partial charge is 0.407 e. The van der Waals surface area contributed by atoms with Crippen LogP contribution in [0, 0.1) is 0 Å². The molecule has 2 N–H and O–H groups in total. The maximum Gasteiger partial charge on any atom is 0.407 e. The molecule has 0 unspecified atom stereocenters. The summed E-state index contributed by atoms with van der Waals surface area (Å²) in [6.07, 6.45) is 0.0387. The number of nitrogens with one attached hydrogen (secondary N) is 1. The van der Waals surface area contributed by atoms with Gasteiger partial charge in [0.1, 0.15) is 17.4 Å². The van der Waals surface area contributed by atoms with E-state index in [4.69, 9.17) is 25.8 Å². The van der Waals surface area contributed by atoms with Crippen molar-refractivity contribution < 1.29 is 32.5 Å². The molecule has 0 fully saturated rings. The number of aromatic nitrogens is 2. The van der Waals surface area contributed by atoms with Crippen molar-refractivity contribution in [3.8, 4) is 5.88 Å². The number of halogens is 1. The molecule has 0 saturated carbocycles. The van der Waals surface area contributed by atoms with Crippen LogP contribution in [0.5, 0.6) is 5.88 Å². The standard InChI is InChI=1S/C20H35ClN4O7S2/c1-8-9-31-12-25(34(28,29)13(2)3)16-17(30-7)24-18(15(21)23-16)33-11-14(10-26)22-19(27)32-20(4,5)6/h13-14,26H,8-12H2,1-7H3,(H,22,27)/t14-/m1/s1. The van der Waals surface area contributed by atoms with Gasteiger partial charge in [-0.3, -0.25) is 0 Å². The normalized spacial score (nSPS) is 13.0. The number of aliphatic hydroxyl groups excluding tert-OH is 1. The van der Waals surface area contributed by atoms with Crippen LogP contribution in [0.2, 0.25) is 5.15 Å². The summed E-state index contributed by atoms with van der Waals surface area (Å²) in [5.74, 6) is 0.0457. The number of carbonyl (C=O) groups is 1. The third-order valence-electron chi connectivity index (χ3n) is 4.03. The fourth-order valence-electron chi connectivity index (χ4n) is 2.36. The van der Waals surface area contributed by atoms with Gasteiger partial charge in [-0.2, -0.15) is 0 Å². The molecule has 0 aliphatic carbocycles. The van der Waals surface area contributed by atoms with Gasteiger partial charge in [0.2, 0.25) is 15.8 Å². The summed E-state index contributed by atoms with van der Waals surface area (Å²) in [7, 11) is -2.49. The van der Waals surface area contributed by atoms with Crippen LogP contribution in [0.15, 0.2) is 5.03 Å². The average Bonchev–Trinajstić information content (AvgIpc) is 2.73. The van der Waals surface area contributed by atoms with Crippen molar-refractivity contribution in [1.82, 2.24) is 15.3 Å². The predicted molar refractivity (Wildman–Crippen MR) is 132 cm³/mol. The Morgan fingerprint density at radius 3 is 2.44 bits per heavy atom. The molecular formula is C20H35ClN4O7S2. The van der Waals surface area contributed by atoms with Crippen LogP contribution in [0.1, 0.15) is 48.0 Å². The zero-order valence-electron chi connectivity index (χ0n) is 20.6. The van der Waals surface area contributed by atoms with Crippen LogP contribution >= 0.6 is 23.4 Å². The second-order valence-corrected chi connectivity index (χ2v) is 12.2. The van der Waals surface area contributed by atoms with Gasteiger partial charge in [-0.25, -0.2) is 27.5 Å². The molecule has 0 aliphatic heterocycles. The molecule has 0 aliphatic rings. The molecule has 1 rings (SSSR count). The molecule has 196 valence electrons. The molecule has 14 heteroatoms. The highest BCUT2D eigenvalue weighted by Gasteiger charge is 2.32. The molecular weight excluding hydrogens is 508 g/mol. The number of hydrogen-bond acceptors (Lipinski definition) is 10. The third kappa shape index (κ3) is 9.25. The van der Waals surface area contributed by atoms with Crippen LogP contribution in [-0.4, -0.2) is 79.3 Å². The van der Waals surface area contributed by atoms with Crippen LogP contribution in [0.3, 0.4) is 0 Å². The minimum absolute atomic E-state index is 0.0585. The Labute approximate surface area is 211 Å². The number of anilines is 1. The summed E-state index contributed by atoms with van der Waals surface area (Å²) in [6, 6.07) is -0.649. The summed E-state index contributed by atoms with van der Waals surface area (Å²) >= 11 is 7.44. The molecule has 1 heterocycles. The van der Waals surface area contributed by atoms with E-state index in [2.05, 4.69) is 15.3 Å². The summed E-state index contributed by atoms with van der Waals surface area (Å²) in [6.45, 7) is 9.92. The Hall–Kier alpha value is -1.54. The molecule has 11 nitrogen and oxygen atoms in total. The van der Waals surface area contributed by atoms with Crippen molar-refractivity contribution in [3.63, 3.8) is 0 Å². The summed E-state index contributed by atoms with van der Waals surface area (Å²) < 4.78 is 42.8. The van der Waals surface area contributed by atoms with Gasteiger partial charge in [0, 0.05) is 12.4 Å². The summed E-state index contributed by atoms with van der Waals surface area (Å²) in [5.41, 5.74) is -0.682. The van der Waals surface area contributed by atoms with Crippen LogP contribution in [0.4, 0.5) is 10.6 Å². The van der Waals surface area contributed by atoms with Gasteiger partial charge in [-0.05, 0) is 41.0 Å². The zero-order chi connectivity index (χ0) is 26.1. The average molecular weight is 543 g/mol. The van der Waals surface area contributed by atoms with E-state index >= 15 is 0 Å². The SMILES string of the molecule is CCCOCN(c1nc(Cl)c(SC[C@@H](CO)NC(=O)OC(C)(C)C)nc1OC)S(=O)(=O)C(C)C. The lowest BCUT2D eigenvalue weighted by atomic mass is 10.2. The van der Waals surface area contributed by atoms with Crippen molar-refractivity contribution in [2.24, 2.45) is 0 Å². The first kappa shape index (κ1) is 30.5. The summed E-state index contributed by atoms with van der Waals surface area (Å²) in [4.78, 5) is 20.5. The fourth-order valence-corrected chi connectivity index (χ4v) is 4.60. The number of sulfonamides is 1. The Morgan fingerprint density at radius 2 is 1.94 bits per heavy atom. The Kier molecular flexibility index (Phi) is 12.1. The fraction of sp³-hybridized carbons (Fsp3) is 0.750. The van der Waals surface area contributed by atoms with Crippen LogP contribution in [0.25, 0.3) is 0 Å². The molecule has 1 atom stereocenters. The highest BCUT2D eigenvalue weighted by Crippen LogP contribution is 2.34. The van der Waals surface area contributed by atoms with E-state index in [-0.39, 0.29) is 41.0 Å². The first-order valence-corrected chi connectivity index (χ1v) is 13.6. The van der Waals surface area contributed by atoms with E-state index in [0.29, 0.717) is 13.0 Å². The molecule has 0 spiro atoms. The molecule has 1 amide bonds. The number of methoxy groups -OCH3 is 1. The largest absolute Gasteiger partial charge is 0.478 e. The molecule has 0 radical (unpaired) electrons. The number of ether oxygens (including phenoxy) is 3. The Morgan fingerprint density at radius 1 is 1.29 bits per heavy atom. The van der Waals surface area contributed by atoms with Crippen molar-refractivity contribution in [2.75, 3.05) is 37.1 Å². The van der Waals surface area contributed by atoms with E-state index in [1.807, 2.05) is 6.92 Å². The first-order chi connectivity index (χ1) is 15.8. The maximum atomic E-state index is 12.9. The predicted octanol–water partition coefficient (Wildman–Crippen LogP) is 3.05. The highest BCUT2D eigenvalue weighted by molar-refractivity contribution is 7.99. The van der Waals surface area contributed by atoms with Crippen molar-refractivity contribution >= 4 is 45.3 Å². The number of carbonyl (C=O) groups excluding carboxylic acids is 1. The van der Waals surface area contributed by atoms with Crippen molar-refractivity contribution in [1.29, 1.82) is 0 Å². The van der Waals surface area contributed by atoms with Gasteiger partial charge in [-0.15, -0.1) is 11.8 Å². The lowest BCUT2D eigenvalue weighted by molar-refractivity contribution is 0.0491. The lowest BCUT2D eigenvalue weighted by Crippen LogP contribution is -2.42. The number of hydrogen-bond donors (Lipinski definition) is 2. The van der Waals surface area contributed by atoms with Crippen LogP contribution < -0.4 is 14.4 Å². The lowest BCUT2D eigenvalue weighted by Gasteiger charge is -2.26. The summed E-state index contributed by atoms with van der Waals surface area (Å²) in [5, 5.41) is 11.6. The van der Waals surface area contributed by atoms with E-state index in [1.165, 1.54) is 7.11 Å². The van der Waals surface area contributed by atoms with E-state index < -0.39 is 33.0 Å². The highest BCUT2D eigenvalue weighted by atomic mass is 35.5. The molecule has 0 aromatic carbocycles. The Balaban J connectivity index is 3.14. The van der Waals surface area contributed by atoms with Gasteiger partial charge in [-0.1, -0.05) is 18.5 Å². The molecule has 1 aromatic rings. The monoisotopic (exact) mass is 542 g/mol. The second kappa shape index (κ2) is 13.5. The van der Waals surface area contributed by atoms with Crippen LogP contribution in [-0.2, 0) is 19.5 Å². The Bertz CT molecular complexity index is 911. The number of rotatable bonds is 13. The zero-order valence-corrected chi connectivity index (χ0v) is 23.0. The molecule has 0 bridgehead atoms. The van der Waals surface area contributed by atoms with Gasteiger partial charge in [0.05, 0.1) is 25.0 Å². The van der Waals surface area contributed by atoms with Gasteiger partial charge in [0.15, 0.2) is 5.15 Å². The second-order valence-electron chi connectivity index (χ2n) is 8.47. The molecule has 1 aromatic heterocycles. The number of nitrogens with zero attached hydrogens (tertiary/aromatic N) is 3. The molecule has 34 heavy (non-hydrogen) atoms. The minimum atomic E-state index is -3.83. The first-order valence-electron chi connectivity index (χ1n) is 10.7. The quantitative estimate of drug-likeness (QED) is 0.217.